The maximum Gasteiger partial charge on any atom is 0.373 e. The molecule has 72 valence electrons. The normalized spacial score (nSPS) is 10.7. The van der Waals surface area contributed by atoms with Crippen LogP contribution < -0.4 is 0 Å². The van der Waals surface area contributed by atoms with Crippen LogP contribution in [0.3, 0.4) is 0 Å². The molecule has 2 rings (SSSR count). The molecular formula is C9H4ClFO3. The molecule has 0 aliphatic carbocycles. The van der Waals surface area contributed by atoms with Gasteiger partial charge in [0.2, 0.25) is 5.76 Å². The van der Waals surface area contributed by atoms with Crippen LogP contribution in [0.1, 0.15) is 10.6 Å². The van der Waals surface area contributed by atoms with E-state index in [1.165, 1.54) is 12.1 Å². The molecule has 5 heteroatoms. The molecule has 0 aliphatic rings. The van der Waals surface area contributed by atoms with E-state index in [0.717, 1.165) is 6.07 Å². The molecular weight excluding hydrogens is 211 g/mol. The van der Waals surface area contributed by atoms with Crippen LogP contribution in [-0.4, -0.2) is 11.1 Å². The molecule has 0 radical (unpaired) electrons. The van der Waals surface area contributed by atoms with E-state index < -0.39 is 11.8 Å². The second-order valence-corrected chi connectivity index (χ2v) is 3.07. The first-order valence-electron chi connectivity index (χ1n) is 3.70. The van der Waals surface area contributed by atoms with Crippen molar-refractivity contribution >= 4 is 28.5 Å². The van der Waals surface area contributed by atoms with E-state index in [1.54, 1.807) is 0 Å². The molecule has 0 aliphatic heterocycles. The first-order chi connectivity index (χ1) is 6.59. The number of rotatable bonds is 1. The number of carboxylic acids is 1. The van der Waals surface area contributed by atoms with Gasteiger partial charge < -0.3 is 9.52 Å². The van der Waals surface area contributed by atoms with Gasteiger partial charge in [0.25, 0.3) is 0 Å². The SMILES string of the molecule is O=C(O)c1oc2cc(F)ccc2c1Cl. The molecule has 0 bridgehead atoms. The topological polar surface area (TPSA) is 50.4 Å². The molecule has 0 unspecified atom stereocenters. The number of aromatic carboxylic acids is 1. The largest absolute Gasteiger partial charge is 0.475 e. The van der Waals surface area contributed by atoms with Gasteiger partial charge in [-0.3, -0.25) is 0 Å². The average Bonchev–Trinajstić information content (AvgIpc) is 2.43. The fourth-order valence-electron chi connectivity index (χ4n) is 1.18. The van der Waals surface area contributed by atoms with Gasteiger partial charge in [-0.25, -0.2) is 9.18 Å². The molecule has 1 heterocycles. The van der Waals surface area contributed by atoms with Gasteiger partial charge in [-0.05, 0) is 12.1 Å². The van der Waals surface area contributed by atoms with Gasteiger partial charge in [0, 0.05) is 11.5 Å². The third kappa shape index (κ3) is 1.24. The molecule has 0 saturated carbocycles. The standard InChI is InChI=1S/C9H4ClFO3/c10-7-5-2-1-4(11)3-6(5)14-8(7)9(12)13/h1-3H,(H,12,13). The second-order valence-electron chi connectivity index (χ2n) is 2.69. The zero-order chi connectivity index (χ0) is 10.3. The first kappa shape index (κ1) is 9.02. The summed E-state index contributed by atoms with van der Waals surface area (Å²) in [5, 5.41) is 9.05. The number of benzene rings is 1. The minimum absolute atomic E-state index is 0.00694. The molecule has 0 amide bonds. The van der Waals surface area contributed by atoms with E-state index in [1.807, 2.05) is 0 Å². The van der Waals surface area contributed by atoms with Crippen molar-refractivity contribution in [3.05, 3.63) is 34.8 Å². The van der Waals surface area contributed by atoms with Crippen LogP contribution in [0.25, 0.3) is 11.0 Å². The van der Waals surface area contributed by atoms with E-state index in [2.05, 4.69) is 0 Å². The predicted octanol–water partition coefficient (Wildman–Crippen LogP) is 2.92. The summed E-state index contributed by atoms with van der Waals surface area (Å²) in [7, 11) is 0. The molecule has 0 spiro atoms. The third-order valence-electron chi connectivity index (χ3n) is 1.79. The lowest BCUT2D eigenvalue weighted by molar-refractivity contribution is 0.0665. The summed E-state index contributed by atoms with van der Waals surface area (Å²) < 4.78 is 17.6. The van der Waals surface area contributed by atoms with E-state index in [-0.39, 0.29) is 16.4 Å². The zero-order valence-electron chi connectivity index (χ0n) is 6.75. The van der Waals surface area contributed by atoms with Gasteiger partial charge in [0.05, 0.1) is 0 Å². The predicted molar refractivity (Wildman–Crippen MR) is 48.1 cm³/mol. The Morgan fingerprint density at radius 2 is 2.21 bits per heavy atom. The monoisotopic (exact) mass is 214 g/mol. The molecule has 14 heavy (non-hydrogen) atoms. The molecule has 1 aromatic heterocycles. The summed E-state index contributed by atoms with van der Waals surface area (Å²) in [5.74, 6) is -2.14. The Balaban J connectivity index is 2.79. The summed E-state index contributed by atoms with van der Waals surface area (Å²) >= 11 is 5.71. The Bertz CT molecular complexity index is 518. The molecule has 0 fully saturated rings. The summed E-state index contributed by atoms with van der Waals surface area (Å²) in [4.78, 5) is 10.6. The van der Waals surface area contributed by atoms with Crippen molar-refractivity contribution in [2.75, 3.05) is 0 Å². The lowest BCUT2D eigenvalue weighted by Crippen LogP contribution is -1.93. The van der Waals surface area contributed by atoms with E-state index >= 15 is 0 Å². The van der Waals surface area contributed by atoms with Crippen LogP contribution in [-0.2, 0) is 0 Å². The van der Waals surface area contributed by atoms with Crippen LogP contribution in [0.15, 0.2) is 22.6 Å². The quantitative estimate of drug-likeness (QED) is 0.794. The van der Waals surface area contributed by atoms with Crippen LogP contribution in [0.5, 0.6) is 0 Å². The number of hydrogen-bond acceptors (Lipinski definition) is 2. The number of halogens is 2. The maximum atomic E-state index is 12.7. The van der Waals surface area contributed by atoms with E-state index in [0.29, 0.717) is 5.39 Å². The summed E-state index contributed by atoms with van der Waals surface area (Å²) in [6.45, 7) is 0. The third-order valence-corrected chi connectivity index (χ3v) is 2.16. The van der Waals surface area contributed by atoms with Crippen molar-refractivity contribution in [3.8, 4) is 0 Å². The zero-order valence-corrected chi connectivity index (χ0v) is 7.51. The van der Waals surface area contributed by atoms with Crippen LogP contribution >= 0.6 is 11.6 Å². The summed E-state index contributed by atoms with van der Waals surface area (Å²) in [6, 6.07) is 3.66. The number of fused-ring (bicyclic) bond motifs is 1. The van der Waals surface area contributed by atoms with Crippen molar-refractivity contribution < 1.29 is 18.7 Å². The number of furan rings is 1. The second kappa shape index (κ2) is 2.99. The molecule has 2 aromatic rings. The number of hydrogen-bond donors (Lipinski definition) is 1. The van der Waals surface area contributed by atoms with Crippen LogP contribution in [0.2, 0.25) is 5.02 Å². The van der Waals surface area contributed by atoms with Gasteiger partial charge >= 0.3 is 5.97 Å². The lowest BCUT2D eigenvalue weighted by atomic mass is 10.2. The lowest BCUT2D eigenvalue weighted by Gasteiger charge is -1.87. The van der Waals surface area contributed by atoms with Crippen molar-refractivity contribution in [2.45, 2.75) is 0 Å². The molecule has 1 aromatic carbocycles. The maximum absolute atomic E-state index is 12.7. The van der Waals surface area contributed by atoms with Crippen molar-refractivity contribution in [1.29, 1.82) is 0 Å². The Hall–Kier alpha value is -1.55. The smallest absolute Gasteiger partial charge is 0.373 e. The summed E-state index contributed by atoms with van der Waals surface area (Å²) in [6.07, 6.45) is 0. The highest BCUT2D eigenvalue weighted by Crippen LogP contribution is 2.30. The summed E-state index contributed by atoms with van der Waals surface area (Å²) in [5.41, 5.74) is 0.132. The number of carbonyl (C=O) groups is 1. The van der Waals surface area contributed by atoms with Crippen LogP contribution in [0, 0.1) is 5.82 Å². The minimum Gasteiger partial charge on any atom is -0.475 e. The van der Waals surface area contributed by atoms with E-state index in [9.17, 15) is 9.18 Å². The van der Waals surface area contributed by atoms with Gasteiger partial charge in [-0.2, -0.15) is 0 Å². The van der Waals surface area contributed by atoms with Crippen molar-refractivity contribution in [1.82, 2.24) is 0 Å². The Labute approximate surface area is 82.7 Å². The van der Waals surface area contributed by atoms with Crippen LogP contribution in [0.4, 0.5) is 4.39 Å². The highest BCUT2D eigenvalue weighted by Gasteiger charge is 2.18. The van der Waals surface area contributed by atoms with Gasteiger partial charge in [0.1, 0.15) is 16.4 Å². The molecule has 1 N–H and O–H groups in total. The Kier molecular flexibility index (Phi) is 1.93. The van der Waals surface area contributed by atoms with Gasteiger partial charge in [-0.15, -0.1) is 0 Å². The highest BCUT2D eigenvalue weighted by molar-refractivity contribution is 6.38. The van der Waals surface area contributed by atoms with Gasteiger partial charge in [0.15, 0.2) is 0 Å². The number of carboxylic acid groups (broad SMARTS) is 1. The molecule has 0 atom stereocenters. The Morgan fingerprint density at radius 3 is 2.86 bits per heavy atom. The fourth-order valence-corrected chi connectivity index (χ4v) is 1.45. The van der Waals surface area contributed by atoms with Crippen molar-refractivity contribution in [2.24, 2.45) is 0 Å². The highest BCUT2D eigenvalue weighted by atomic mass is 35.5. The fraction of sp³-hybridized carbons (Fsp3) is 0. The van der Waals surface area contributed by atoms with Crippen molar-refractivity contribution in [3.63, 3.8) is 0 Å². The minimum atomic E-state index is -1.27. The molecule has 0 saturated heterocycles. The first-order valence-corrected chi connectivity index (χ1v) is 4.08. The Morgan fingerprint density at radius 1 is 1.50 bits per heavy atom. The van der Waals surface area contributed by atoms with E-state index in [4.69, 9.17) is 21.1 Å². The average molecular weight is 215 g/mol. The molecule has 3 nitrogen and oxygen atoms in total. The van der Waals surface area contributed by atoms with Gasteiger partial charge in [-0.1, -0.05) is 11.6 Å².